The van der Waals surface area contributed by atoms with Crippen molar-refractivity contribution in [1.82, 2.24) is 0 Å². The maximum Gasteiger partial charge on any atom is 0.0189 e. The molecule has 0 fully saturated rings. The first-order valence-corrected chi connectivity index (χ1v) is 4.58. The molecule has 0 aromatic rings. The molecule has 0 aliphatic heterocycles. The van der Waals surface area contributed by atoms with Crippen molar-refractivity contribution >= 4 is 34.2 Å². The van der Waals surface area contributed by atoms with Gasteiger partial charge in [0.2, 0.25) is 0 Å². The van der Waals surface area contributed by atoms with E-state index >= 15 is 0 Å². The first-order chi connectivity index (χ1) is 4.46. The van der Waals surface area contributed by atoms with Gasteiger partial charge in [-0.05, 0) is 55.9 Å². The van der Waals surface area contributed by atoms with Crippen molar-refractivity contribution in [3.05, 3.63) is 19.8 Å². The fourth-order valence-electron chi connectivity index (χ4n) is 0.526. The van der Waals surface area contributed by atoms with Crippen LogP contribution in [-0.2, 0) is 0 Å². The van der Waals surface area contributed by atoms with E-state index < -0.39 is 0 Å². The van der Waals surface area contributed by atoms with Gasteiger partial charge in [-0.1, -0.05) is 17.2 Å². The topological polar surface area (TPSA) is 0 Å². The normalized spacial score (nSPS) is 12.6. The Balaban J connectivity index is 4.71. The van der Waals surface area contributed by atoms with Gasteiger partial charge in [-0.15, -0.1) is 0 Å². The minimum atomic E-state index is 0.880. The molecule has 0 N–H and O–H groups in total. The molecule has 0 saturated carbocycles. The molecule has 2 heteroatoms. The Morgan fingerprint density at radius 1 is 1.10 bits per heavy atom. The lowest BCUT2D eigenvalue weighted by Crippen LogP contribution is -1.80. The first kappa shape index (κ1) is 10.5. The average Bonchev–Trinajstić information content (AvgIpc) is 1.84. The van der Waals surface area contributed by atoms with Crippen molar-refractivity contribution in [2.75, 3.05) is 0 Å². The van der Waals surface area contributed by atoms with Gasteiger partial charge in [0.1, 0.15) is 0 Å². The lowest BCUT2D eigenvalue weighted by Gasteiger charge is -2.02. The van der Waals surface area contributed by atoms with E-state index in [2.05, 4.69) is 36.4 Å². The Kier molecular flexibility index (Phi) is 4.61. The predicted molar refractivity (Wildman–Crippen MR) is 56.6 cm³/mol. The van der Waals surface area contributed by atoms with Crippen LogP contribution < -0.4 is 0 Å². The number of rotatable bonds is 1. The van der Waals surface area contributed by atoms with Gasteiger partial charge in [0.05, 0.1) is 0 Å². The average molecular weight is 271 g/mol. The van der Waals surface area contributed by atoms with E-state index in [0.29, 0.717) is 0 Å². The van der Waals surface area contributed by atoms with E-state index in [1.807, 2.05) is 13.8 Å². The molecule has 0 aromatic carbocycles. The summed E-state index contributed by atoms with van der Waals surface area (Å²) in [5.41, 5.74) is 2.50. The highest BCUT2D eigenvalue weighted by Crippen LogP contribution is 2.25. The summed E-state index contributed by atoms with van der Waals surface area (Å²) >= 11 is 8.12. The molecule has 0 spiro atoms. The summed E-state index contributed by atoms with van der Waals surface area (Å²) in [5, 5.41) is 0.880. The van der Waals surface area contributed by atoms with Crippen molar-refractivity contribution in [1.29, 1.82) is 0 Å². The molecule has 0 radical (unpaired) electrons. The molecular weight excluding hydrogens is 258 g/mol. The summed E-state index contributed by atoms with van der Waals surface area (Å²) in [6, 6.07) is 0. The van der Waals surface area contributed by atoms with Gasteiger partial charge in [-0.2, -0.15) is 0 Å². The highest BCUT2D eigenvalue weighted by atomic mass is 127. The summed E-state index contributed by atoms with van der Waals surface area (Å²) in [5.74, 6) is 0. The third kappa shape index (κ3) is 3.06. The molecule has 0 nitrogen and oxygen atoms in total. The largest absolute Gasteiger partial charge is 0.0891 e. The first-order valence-electron chi connectivity index (χ1n) is 3.13. The smallest absolute Gasteiger partial charge is 0.0189 e. The van der Waals surface area contributed by atoms with Crippen LogP contribution in [0.3, 0.4) is 0 Å². The zero-order valence-corrected chi connectivity index (χ0v) is 9.67. The maximum absolute atomic E-state index is 5.81. The Bertz CT molecular complexity index is 159. The summed E-state index contributed by atoms with van der Waals surface area (Å²) in [6.07, 6.45) is 0. The van der Waals surface area contributed by atoms with Crippen LogP contribution in [0.15, 0.2) is 19.8 Å². The number of hydrogen-bond acceptors (Lipinski definition) is 0. The second kappa shape index (κ2) is 4.39. The van der Waals surface area contributed by atoms with Gasteiger partial charge >= 0.3 is 0 Å². The predicted octanol–water partition coefficient (Wildman–Crippen LogP) is 4.25. The van der Waals surface area contributed by atoms with Crippen LogP contribution in [0, 0.1) is 0 Å². The molecular formula is C8H12ClI. The summed E-state index contributed by atoms with van der Waals surface area (Å²) in [6.45, 7) is 8.13. The van der Waals surface area contributed by atoms with Gasteiger partial charge in [0, 0.05) is 8.61 Å². The van der Waals surface area contributed by atoms with Crippen LogP contribution in [0.25, 0.3) is 0 Å². The van der Waals surface area contributed by atoms with E-state index in [1.54, 1.807) is 0 Å². The lowest BCUT2D eigenvalue weighted by molar-refractivity contribution is 1.32. The molecule has 0 unspecified atom stereocenters. The Morgan fingerprint density at radius 2 is 1.50 bits per heavy atom. The minimum absolute atomic E-state index is 0.880. The van der Waals surface area contributed by atoms with Crippen LogP contribution >= 0.6 is 34.2 Å². The molecule has 0 atom stereocenters. The van der Waals surface area contributed by atoms with Crippen molar-refractivity contribution < 1.29 is 0 Å². The lowest BCUT2D eigenvalue weighted by atomic mass is 10.2. The van der Waals surface area contributed by atoms with E-state index in [1.165, 1.54) is 14.7 Å². The zero-order chi connectivity index (χ0) is 8.31. The van der Waals surface area contributed by atoms with Crippen LogP contribution in [0.2, 0.25) is 0 Å². The molecule has 0 aromatic heterocycles. The van der Waals surface area contributed by atoms with Crippen LogP contribution in [0.5, 0.6) is 0 Å². The van der Waals surface area contributed by atoms with Gasteiger partial charge in [0.25, 0.3) is 0 Å². The molecule has 0 aliphatic carbocycles. The van der Waals surface area contributed by atoms with Crippen molar-refractivity contribution in [2.24, 2.45) is 0 Å². The van der Waals surface area contributed by atoms with Crippen molar-refractivity contribution in [3.8, 4) is 0 Å². The molecule has 0 bridgehead atoms. The van der Waals surface area contributed by atoms with Crippen molar-refractivity contribution in [3.63, 3.8) is 0 Å². The fraction of sp³-hybridized carbons (Fsp3) is 0.500. The van der Waals surface area contributed by atoms with Crippen molar-refractivity contribution in [2.45, 2.75) is 27.7 Å². The second-order valence-corrected chi connectivity index (χ2v) is 4.12. The quantitative estimate of drug-likeness (QED) is 0.494. The van der Waals surface area contributed by atoms with Gasteiger partial charge in [-0.25, -0.2) is 0 Å². The molecule has 0 heterocycles. The zero-order valence-electron chi connectivity index (χ0n) is 6.76. The van der Waals surface area contributed by atoms with Gasteiger partial charge < -0.3 is 0 Å². The third-order valence-electron chi connectivity index (χ3n) is 1.28. The van der Waals surface area contributed by atoms with Crippen LogP contribution in [0.4, 0.5) is 0 Å². The molecule has 10 heavy (non-hydrogen) atoms. The van der Waals surface area contributed by atoms with Crippen LogP contribution in [0.1, 0.15) is 27.7 Å². The molecule has 0 aliphatic rings. The minimum Gasteiger partial charge on any atom is -0.0891 e. The van der Waals surface area contributed by atoms with Gasteiger partial charge in [-0.3, -0.25) is 0 Å². The third-order valence-corrected chi connectivity index (χ3v) is 3.46. The Morgan fingerprint density at radius 3 is 1.60 bits per heavy atom. The standard InChI is InChI=1S/C8H12ClI/c1-5(2)8(10)6(3)7(4)9/h1-4H3/b7-6+. The molecule has 0 rings (SSSR count). The van der Waals surface area contributed by atoms with E-state index in [4.69, 9.17) is 11.6 Å². The van der Waals surface area contributed by atoms with Gasteiger partial charge in [0.15, 0.2) is 0 Å². The second-order valence-electron chi connectivity index (χ2n) is 2.47. The Hall–Kier alpha value is 0.500. The number of halogens is 2. The highest BCUT2D eigenvalue weighted by molar-refractivity contribution is 14.1. The summed E-state index contributed by atoms with van der Waals surface area (Å²) in [7, 11) is 0. The van der Waals surface area contributed by atoms with Crippen LogP contribution in [-0.4, -0.2) is 0 Å². The molecule has 0 saturated heterocycles. The summed E-state index contributed by atoms with van der Waals surface area (Å²) in [4.78, 5) is 0. The Labute approximate surface area is 81.5 Å². The maximum atomic E-state index is 5.81. The summed E-state index contributed by atoms with van der Waals surface area (Å²) < 4.78 is 1.27. The molecule has 0 amide bonds. The monoisotopic (exact) mass is 270 g/mol. The number of hydrogen-bond donors (Lipinski definition) is 0. The fourth-order valence-corrected chi connectivity index (χ4v) is 1.18. The van der Waals surface area contributed by atoms with E-state index in [9.17, 15) is 0 Å². The number of allylic oxidation sites excluding steroid dienone is 4. The van der Waals surface area contributed by atoms with E-state index in [-0.39, 0.29) is 0 Å². The van der Waals surface area contributed by atoms with E-state index in [0.717, 1.165) is 5.03 Å². The SMILES string of the molecule is CC(C)=C(I)/C(C)=C(\C)Cl. The molecule has 58 valence electrons. The highest BCUT2D eigenvalue weighted by Gasteiger charge is 1.99.